The molecule has 0 bridgehead atoms. The van der Waals surface area contributed by atoms with Gasteiger partial charge in [-0.3, -0.25) is 18.9 Å². The predicted molar refractivity (Wildman–Crippen MR) is 178 cm³/mol. The second kappa shape index (κ2) is 22.8. The van der Waals surface area contributed by atoms with E-state index in [0.29, 0.717) is 31.5 Å². The van der Waals surface area contributed by atoms with Crippen molar-refractivity contribution in [3.8, 4) is 5.75 Å². The molecule has 2 aromatic rings. The Morgan fingerprint density at radius 1 is 0.880 bits per heavy atom. The van der Waals surface area contributed by atoms with E-state index in [0.717, 1.165) is 50.5 Å². The molecular weight excluding hydrogens is 674 g/mol. The van der Waals surface area contributed by atoms with Crippen molar-refractivity contribution in [2.75, 3.05) is 19.7 Å². The molecule has 0 spiro atoms. The van der Waals surface area contributed by atoms with Crippen molar-refractivity contribution in [1.82, 2.24) is 4.90 Å². The zero-order valence-corrected chi connectivity index (χ0v) is 29.0. The highest BCUT2D eigenvalue weighted by molar-refractivity contribution is 7.80. The summed E-state index contributed by atoms with van der Waals surface area (Å²) in [5, 5.41) is 19.9. The lowest BCUT2D eigenvalue weighted by molar-refractivity contribution is -0.234. The summed E-state index contributed by atoms with van der Waals surface area (Å²) in [6.45, 7) is 2.61. The van der Waals surface area contributed by atoms with Gasteiger partial charge in [0.05, 0.1) is 6.61 Å². The number of aliphatic hydroxyl groups excluding tert-OH is 2. The molecule has 0 aromatic heterocycles. The van der Waals surface area contributed by atoms with Gasteiger partial charge in [0, 0.05) is 44.3 Å². The standard InChI is InChI=1S/C34H47NO11S.CO2/c1-2-3-15-31(39)35(21-11-6-4-5-10-14-29(37)26-12-8-7-9-13-26)22-20-27(36)23-25-16-18-28(19-17-25)45-34-33(46-47(41,42)43)32(40)30(38)24-44-34;2-1-3/h7-9,12-13,16-19,30,32-34,38,40H,2-6,10-11,14-15,20-24H2,1H3,(H,41,42,43);. The largest absolute Gasteiger partial charge is 0.462 e. The van der Waals surface area contributed by atoms with Gasteiger partial charge < -0.3 is 24.6 Å². The number of ether oxygens (including phenoxy) is 2. The van der Waals surface area contributed by atoms with Gasteiger partial charge in [0.2, 0.25) is 12.2 Å². The molecule has 3 rings (SSSR count). The molecule has 276 valence electrons. The number of unbranched alkanes of at least 4 members (excludes halogenated alkanes) is 5. The molecule has 4 atom stereocenters. The molecule has 3 N–H and O–H groups in total. The SMILES string of the molecule is CCCCC(=O)N(CCCCCCCC(=O)c1ccccc1)CCC(=O)Cc1ccc(OC2OCC(O)C(O)C2OS(=O)(=O)O)cc1.O=C=O. The van der Waals surface area contributed by atoms with E-state index in [2.05, 4.69) is 4.18 Å². The Labute approximate surface area is 292 Å². The van der Waals surface area contributed by atoms with Crippen LogP contribution >= 0.6 is 0 Å². The van der Waals surface area contributed by atoms with Crippen LogP contribution in [-0.4, -0.2) is 96.0 Å². The lowest BCUT2D eigenvalue weighted by atomic mass is 10.0. The predicted octanol–water partition coefficient (Wildman–Crippen LogP) is 3.49. The van der Waals surface area contributed by atoms with Crippen LogP contribution in [0.25, 0.3) is 0 Å². The van der Waals surface area contributed by atoms with Gasteiger partial charge in [0.1, 0.15) is 23.7 Å². The van der Waals surface area contributed by atoms with E-state index < -0.39 is 35.0 Å². The summed E-state index contributed by atoms with van der Waals surface area (Å²) in [4.78, 5) is 56.0. The average Bonchev–Trinajstić information content (AvgIpc) is 3.08. The van der Waals surface area contributed by atoms with Crippen LogP contribution in [0.15, 0.2) is 54.6 Å². The Morgan fingerprint density at radius 2 is 1.52 bits per heavy atom. The van der Waals surface area contributed by atoms with Crippen molar-refractivity contribution in [1.29, 1.82) is 0 Å². The maximum atomic E-state index is 12.9. The first-order valence-electron chi connectivity index (χ1n) is 16.6. The highest BCUT2D eigenvalue weighted by Crippen LogP contribution is 2.24. The number of ketones is 2. The number of carbonyl (C=O) groups excluding carboxylic acids is 5. The van der Waals surface area contributed by atoms with Gasteiger partial charge >= 0.3 is 16.6 Å². The van der Waals surface area contributed by atoms with Crippen molar-refractivity contribution < 1.29 is 60.8 Å². The molecule has 0 saturated carbocycles. The lowest BCUT2D eigenvalue weighted by Gasteiger charge is -2.36. The third kappa shape index (κ3) is 16.3. The zero-order chi connectivity index (χ0) is 36.9. The van der Waals surface area contributed by atoms with Crippen molar-refractivity contribution in [2.45, 2.75) is 102 Å². The van der Waals surface area contributed by atoms with Gasteiger partial charge in [-0.25, -0.2) is 4.18 Å². The van der Waals surface area contributed by atoms with Crippen LogP contribution in [-0.2, 0) is 44.9 Å². The van der Waals surface area contributed by atoms with Crippen LogP contribution in [0, 0.1) is 0 Å². The lowest BCUT2D eigenvalue weighted by Crippen LogP contribution is -2.56. The van der Waals surface area contributed by atoms with Crippen molar-refractivity contribution in [3.05, 3.63) is 65.7 Å². The second-order valence-electron chi connectivity index (χ2n) is 11.9. The van der Waals surface area contributed by atoms with Crippen LogP contribution < -0.4 is 4.74 Å². The van der Waals surface area contributed by atoms with Gasteiger partial charge in [-0.2, -0.15) is 18.0 Å². The van der Waals surface area contributed by atoms with E-state index in [1.165, 1.54) is 12.1 Å². The molecule has 50 heavy (non-hydrogen) atoms. The smallest absolute Gasteiger partial charge is 0.397 e. The maximum Gasteiger partial charge on any atom is 0.397 e. The molecule has 0 aliphatic carbocycles. The number of amides is 1. The molecule has 14 nitrogen and oxygen atoms in total. The quantitative estimate of drug-likeness (QED) is 0.0959. The van der Waals surface area contributed by atoms with Gasteiger partial charge in [0.25, 0.3) is 0 Å². The van der Waals surface area contributed by atoms with E-state index >= 15 is 0 Å². The minimum absolute atomic E-state index is 0.0376. The van der Waals surface area contributed by atoms with Gasteiger partial charge in [0.15, 0.2) is 11.9 Å². The molecule has 2 aromatic carbocycles. The van der Waals surface area contributed by atoms with Crippen LogP contribution in [0.5, 0.6) is 5.75 Å². The van der Waals surface area contributed by atoms with Crippen molar-refractivity contribution in [2.24, 2.45) is 0 Å². The normalized spacial score (nSPS) is 18.6. The third-order valence-electron chi connectivity index (χ3n) is 7.93. The Morgan fingerprint density at radius 3 is 2.16 bits per heavy atom. The summed E-state index contributed by atoms with van der Waals surface area (Å²) < 4.78 is 46.7. The molecule has 1 amide bonds. The monoisotopic (exact) mass is 721 g/mol. The van der Waals surface area contributed by atoms with E-state index in [4.69, 9.17) is 23.6 Å². The number of carbonyl (C=O) groups is 3. The van der Waals surface area contributed by atoms with Crippen LogP contribution in [0.1, 0.15) is 87.1 Å². The number of aliphatic hydroxyl groups is 2. The fraction of sp³-hybridized carbons (Fsp3) is 0.543. The highest BCUT2D eigenvalue weighted by Gasteiger charge is 2.43. The summed E-state index contributed by atoms with van der Waals surface area (Å²) in [5.74, 6) is 0.387. The molecular formula is C35H47NO13S. The number of benzene rings is 2. The fourth-order valence-corrected chi connectivity index (χ4v) is 5.73. The first-order valence-corrected chi connectivity index (χ1v) is 18.0. The molecule has 1 aliphatic rings. The van der Waals surface area contributed by atoms with E-state index in [9.17, 15) is 33.0 Å². The Bertz CT molecular complexity index is 1460. The molecule has 0 radical (unpaired) electrons. The summed E-state index contributed by atoms with van der Waals surface area (Å²) in [6, 6.07) is 15.7. The van der Waals surface area contributed by atoms with Gasteiger partial charge in [-0.05, 0) is 37.0 Å². The topological polar surface area (TPSA) is 211 Å². The summed E-state index contributed by atoms with van der Waals surface area (Å²) >= 11 is 0. The highest BCUT2D eigenvalue weighted by atomic mass is 32.3. The van der Waals surface area contributed by atoms with Crippen LogP contribution in [0.2, 0.25) is 0 Å². The molecule has 1 fully saturated rings. The van der Waals surface area contributed by atoms with Crippen molar-refractivity contribution in [3.63, 3.8) is 0 Å². The zero-order valence-electron chi connectivity index (χ0n) is 28.2. The Balaban J connectivity index is 0.00000278. The number of Topliss-reactive ketones (excluding diaryl/α,β-unsaturated/α-hetero) is 2. The van der Waals surface area contributed by atoms with Gasteiger partial charge in [-0.15, -0.1) is 0 Å². The molecule has 1 saturated heterocycles. The average molecular weight is 722 g/mol. The van der Waals surface area contributed by atoms with E-state index in [1.54, 1.807) is 17.0 Å². The van der Waals surface area contributed by atoms with Crippen molar-refractivity contribution >= 4 is 34.0 Å². The first kappa shape index (κ1) is 42.3. The maximum absolute atomic E-state index is 12.9. The molecule has 1 aliphatic heterocycles. The molecule has 15 heteroatoms. The number of rotatable bonds is 21. The van der Waals surface area contributed by atoms with E-state index in [1.807, 2.05) is 37.3 Å². The third-order valence-corrected chi connectivity index (χ3v) is 8.39. The fourth-order valence-electron chi connectivity index (χ4n) is 5.24. The van der Waals surface area contributed by atoms with E-state index in [-0.39, 0.29) is 48.8 Å². The summed E-state index contributed by atoms with van der Waals surface area (Å²) in [7, 11) is -4.97. The summed E-state index contributed by atoms with van der Waals surface area (Å²) in [5.41, 5.74) is 1.44. The number of hydrogen-bond donors (Lipinski definition) is 3. The Kier molecular flexibility index (Phi) is 19.3. The van der Waals surface area contributed by atoms with Crippen LogP contribution in [0.4, 0.5) is 0 Å². The number of nitrogens with zero attached hydrogens (tertiary/aromatic N) is 1. The second-order valence-corrected chi connectivity index (χ2v) is 12.9. The van der Waals surface area contributed by atoms with Crippen LogP contribution in [0.3, 0.4) is 0 Å². The number of hydrogen-bond acceptors (Lipinski definition) is 12. The summed E-state index contributed by atoms with van der Waals surface area (Å²) in [6.07, 6.45) is 1.50. The Hall–Kier alpha value is -3.82. The molecule has 1 heterocycles. The first-order chi connectivity index (χ1) is 23.9. The molecule has 4 unspecified atom stereocenters. The minimum atomic E-state index is -4.97. The minimum Gasteiger partial charge on any atom is -0.462 e. The van der Waals surface area contributed by atoms with Gasteiger partial charge in [-0.1, -0.05) is 75.1 Å².